The van der Waals surface area contributed by atoms with Gasteiger partial charge in [0.05, 0.1) is 6.04 Å². The molecule has 0 saturated carbocycles. The highest BCUT2D eigenvalue weighted by molar-refractivity contribution is 5.88. The predicted molar refractivity (Wildman–Crippen MR) is 218 cm³/mol. The minimum absolute atomic E-state index is 0.0892. The summed E-state index contributed by atoms with van der Waals surface area (Å²) < 4.78 is 16.4. The van der Waals surface area contributed by atoms with Gasteiger partial charge in [0.15, 0.2) is 0 Å². The van der Waals surface area contributed by atoms with E-state index in [1.54, 1.807) is 74.4 Å². The van der Waals surface area contributed by atoms with Crippen molar-refractivity contribution >= 4 is 40.6 Å². The fourth-order valence-electron chi connectivity index (χ4n) is 5.75. The molecule has 0 radical (unpaired) electrons. The Labute approximate surface area is 335 Å². The van der Waals surface area contributed by atoms with Gasteiger partial charge in [0.2, 0.25) is 11.5 Å². The maximum Gasteiger partial charge on any atom is 0.329 e. The molecule has 312 valence electrons. The molecule has 0 aliphatic rings. The summed E-state index contributed by atoms with van der Waals surface area (Å²) in [6.45, 7) is 15.9. The predicted octanol–water partition coefficient (Wildman–Crippen LogP) is 5.36. The van der Waals surface area contributed by atoms with Crippen LogP contribution in [-0.4, -0.2) is 76.3 Å². The van der Waals surface area contributed by atoms with Crippen molar-refractivity contribution in [2.75, 3.05) is 6.54 Å². The first-order chi connectivity index (χ1) is 26.6. The molecule has 0 saturated heterocycles. The van der Waals surface area contributed by atoms with Crippen LogP contribution in [0.25, 0.3) is 10.8 Å². The molecular formula is C43H61N5O9. The Morgan fingerprint density at radius 3 is 1.86 bits per heavy atom. The number of hydrogen-bond donors (Lipinski definition) is 5. The maximum absolute atomic E-state index is 13.6. The summed E-state index contributed by atoms with van der Waals surface area (Å²) in [7, 11) is 0. The minimum atomic E-state index is -1.20. The van der Waals surface area contributed by atoms with E-state index in [9.17, 15) is 28.8 Å². The van der Waals surface area contributed by atoms with E-state index in [1.807, 2.05) is 36.4 Å². The molecule has 3 rings (SSSR count). The zero-order valence-electron chi connectivity index (χ0n) is 34.8. The van der Waals surface area contributed by atoms with Gasteiger partial charge in [-0.05, 0) is 117 Å². The van der Waals surface area contributed by atoms with Gasteiger partial charge < -0.3 is 35.1 Å². The van der Waals surface area contributed by atoms with Gasteiger partial charge in [0.25, 0.3) is 0 Å². The largest absolute Gasteiger partial charge is 0.460 e. The standard InChI is InChI=1S/C43H61N5O9/c1-41(2,3)55-36(50)23-22-33(39(53)57-43(7,8)9)48-40(54)47-32(38(52)56-42(4,5)6)18-12-13-24-44-37(51)34(45-27-31-17-14-19-35(49)46-31)26-28-20-21-29-15-10-11-16-30(29)25-28/h10-11,14-17,19-21,25,32-34,45H,12-13,18,22-24,26-27H2,1-9H3,(H,44,51)(H,46,49)(H2,47,48,54)/t32-,33-,34-/m0/s1. The summed E-state index contributed by atoms with van der Waals surface area (Å²) in [5.41, 5.74) is -1.05. The lowest BCUT2D eigenvalue weighted by Gasteiger charge is -2.27. The molecule has 1 aromatic heterocycles. The number of nitrogens with one attached hydrogen (secondary N) is 5. The molecule has 14 heteroatoms. The first kappa shape index (κ1) is 46.1. The number of carbonyl (C=O) groups is 5. The average Bonchev–Trinajstić information content (AvgIpc) is 3.08. The number of hydrogen-bond acceptors (Lipinski definition) is 10. The van der Waals surface area contributed by atoms with Crippen LogP contribution in [0.2, 0.25) is 0 Å². The van der Waals surface area contributed by atoms with E-state index >= 15 is 0 Å². The van der Waals surface area contributed by atoms with Gasteiger partial charge in [0, 0.05) is 31.3 Å². The third-order valence-corrected chi connectivity index (χ3v) is 8.21. The zero-order chi connectivity index (χ0) is 42.4. The van der Waals surface area contributed by atoms with Crippen LogP contribution in [0.1, 0.15) is 106 Å². The van der Waals surface area contributed by atoms with Crippen LogP contribution < -0.4 is 26.8 Å². The van der Waals surface area contributed by atoms with E-state index in [1.165, 1.54) is 6.07 Å². The fraction of sp³-hybridized carbons (Fsp3) is 0.535. The number of carbonyl (C=O) groups excluding carboxylic acids is 5. The highest BCUT2D eigenvalue weighted by Gasteiger charge is 2.31. The Morgan fingerprint density at radius 1 is 0.667 bits per heavy atom. The number of aromatic amines is 1. The van der Waals surface area contributed by atoms with Gasteiger partial charge >= 0.3 is 23.9 Å². The molecular weight excluding hydrogens is 730 g/mol. The van der Waals surface area contributed by atoms with Crippen LogP contribution in [-0.2, 0) is 46.4 Å². The summed E-state index contributed by atoms with van der Waals surface area (Å²) in [5, 5.41) is 13.6. The van der Waals surface area contributed by atoms with Gasteiger partial charge in [-0.2, -0.15) is 0 Å². The van der Waals surface area contributed by atoms with E-state index in [0.29, 0.717) is 25.0 Å². The first-order valence-corrected chi connectivity index (χ1v) is 19.5. The van der Waals surface area contributed by atoms with Gasteiger partial charge in [-0.1, -0.05) is 48.5 Å². The molecule has 57 heavy (non-hydrogen) atoms. The lowest BCUT2D eigenvalue weighted by molar-refractivity contribution is -0.159. The Bertz CT molecular complexity index is 1890. The van der Waals surface area contributed by atoms with Gasteiger partial charge in [-0.3, -0.25) is 19.7 Å². The number of unbranched alkanes of at least 4 members (excludes halogenated alkanes) is 1. The number of benzene rings is 2. The van der Waals surface area contributed by atoms with Crippen molar-refractivity contribution in [2.24, 2.45) is 0 Å². The average molecular weight is 792 g/mol. The topological polar surface area (TPSA) is 194 Å². The Balaban J connectivity index is 1.65. The summed E-state index contributed by atoms with van der Waals surface area (Å²) in [4.78, 5) is 80.2. The van der Waals surface area contributed by atoms with Gasteiger partial charge in [-0.25, -0.2) is 14.4 Å². The van der Waals surface area contributed by atoms with Crippen molar-refractivity contribution < 1.29 is 38.2 Å². The highest BCUT2D eigenvalue weighted by Crippen LogP contribution is 2.18. The smallest absolute Gasteiger partial charge is 0.329 e. The number of amides is 3. The van der Waals surface area contributed by atoms with Crippen LogP contribution in [0.15, 0.2) is 65.5 Å². The number of aromatic nitrogens is 1. The summed E-state index contributed by atoms with van der Waals surface area (Å²) >= 11 is 0. The molecule has 0 unspecified atom stereocenters. The molecule has 5 N–H and O–H groups in total. The third kappa shape index (κ3) is 18.1. The van der Waals surface area contributed by atoms with Gasteiger partial charge in [-0.15, -0.1) is 0 Å². The third-order valence-electron chi connectivity index (χ3n) is 8.21. The van der Waals surface area contributed by atoms with Crippen molar-refractivity contribution in [3.63, 3.8) is 0 Å². The van der Waals surface area contributed by atoms with Gasteiger partial charge in [0.1, 0.15) is 28.9 Å². The van der Waals surface area contributed by atoms with Crippen LogP contribution in [0.5, 0.6) is 0 Å². The van der Waals surface area contributed by atoms with Crippen molar-refractivity contribution in [1.82, 2.24) is 26.3 Å². The van der Waals surface area contributed by atoms with Crippen molar-refractivity contribution in [2.45, 2.75) is 142 Å². The molecule has 0 aliphatic heterocycles. The zero-order valence-corrected chi connectivity index (χ0v) is 34.8. The van der Waals surface area contributed by atoms with E-state index < -0.39 is 58.9 Å². The van der Waals surface area contributed by atoms with Crippen molar-refractivity contribution in [3.05, 3.63) is 82.3 Å². The van der Waals surface area contributed by atoms with Crippen LogP contribution >= 0.6 is 0 Å². The van der Waals surface area contributed by atoms with Crippen LogP contribution in [0.3, 0.4) is 0 Å². The second kappa shape index (κ2) is 20.8. The molecule has 0 bridgehead atoms. The Morgan fingerprint density at radius 2 is 1.26 bits per heavy atom. The second-order valence-electron chi connectivity index (χ2n) is 17.1. The number of pyridine rings is 1. The lowest BCUT2D eigenvalue weighted by Crippen LogP contribution is -2.53. The normalized spacial score (nSPS) is 13.5. The quantitative estimate of drug-likeness (QED) is 0.0637. The molecule has 14 nitrogen and oxygen atoms in total. The summed E-state index contributed by atoms with van der Waals surface area (Å²) in [6.07, 6.45) is 1.22. The van der Waals surface area contributed by atoms with E-state index in [0.717, 1.165) is 16.3 Å². The number of esters is 3. The lowest BCUT2D eigenvalue weighted by atomic mass is 10.0. The maximum atomic E-state index is 13.6. The number of rotatable bonds is 18. The molecule has 2 aromatic carbocycles. The second-order valence-corrected chi connectivity index (χ2v) is 17.1. The number of urea groups is 1. The van der Waals surface area contributed by atoms with E-state index in [-0.39, 0.29) is 43.8 Å². The summed E-state index contributed by atoms with van der Waals surface area (Å²) in [6, 6.07) is 15.2. The minimum Gasteiger partial charge on any atom is -0.460 e. The Kier molecular flexibility index (Phi) is 16.8. The monoisotopic (exact) mass is 791 g/mol. The van der Waals surface area contributed by atoms with E-state index in [2.05, 4.69) is 32.3 Å². The van der Waals surface area contributed by atoms with Crippen LogP contribution in [0.4, 0.5) is 4.79 Å². The molecule has 0 aliphatic carbocycles. The summed E-state index contributed by atoms with van der Waals surface area (Å²) in [5.74, 6) is -2.18. The molecule has 3 aromatic rings. The number of fused-ring (bicyclic) bond motifs is 1. The fourth-order valence-corrected chi connectivity index (χ4v) is 5.75. The molecule has 0 spiro atoms. The first-order valence-electron chi connectivity index (χ1n) is 19.5. The highest BCUT2D eigenvalue weighted by atomic mass is 16.6. The number of ether oxygens (including phenoxy) is 3. The molecule has 3 atom stereocenters. The number of H-pyrrole nitrogens is 1. The van der Waals surface area contributed by atoms with E-state index in [4.69, 9.17) is 14.2 Å². The molecule has 3 amide bonds. The SMILES string of the molecule is CC(C)(C)OC(=O)CC[C@H](NC(=O)N[C@@H](CCCCNC(=O)[C@H](Cc1ccc2ccccc2c1)NCc1cccc(=O)[nH]1)C(=O)OC(C)(C)C)C(=O)OC(C)(C)C. The van der Waals surface area contributed by atoms with Crippen molar-refractivity contribution in [1.29, 1.82) is 0 Å². The van der Waals surface area contributed by atoms with Crippen LogP contribution in [0, 0.1) is 0 Å². The Hall–Kier alpha value is -5.24. The molecule has 0 fully saturated rings. The van der Waals surface area contributed by atoms with Crippen molar-refractivity contribution in [3.8, 4) is 0 Å². The molecule has 1 heterocycles.